The monoisotopic (exact) mass is 304 g/mol. The number of pyridine rings is 1. The number of nitrogens with zero attached hydrogens (tertiary/aromatic N) is 1. The molecule has 0 atom stereocenters. The summed E-state index contributed by atoms with van der Waals surface area (Å²) in [4.78, 5) is 4.33. The van der Waals surface area contributed by atoms with Gasteiger partial charge < -0.3 is 5.32 Å². The number of halogens is 2. The minimum absolute atomic E-state index is 0.776. The SMILES string of the molecule is Cc1cnc(NCCCCCCCl)c(Br)c1. The standard InChI is InChI=1S/C12H18BrClN2/c1-10-8-11(13)12(16-9-10)15-7-5-3-2-4-6-14/h8-9H,2-7H2,1H3,(H,15,16). The summed E-state index contributed by atoms with van der Waals surface area (Å²) in [7, 11) is 0. The molecule has 16 heavy (non-hydrogen) atoms. The van der Waals surface area contributed by atoms with Gasteiger partial charge in [-0.05, 0) is 47.3 Å². The second-order valence-electron chi connectivity index (χ2n) is 3.87. The number of anilines is 1. The highest BCUT2D eigenvalue weighted by Gasteiger charge is 2.00. The third kappa shape index (κ3) is 5.17. The molecule has 4 heteroatoms. The number of nitrogens with one attached hydrogen (secondary N) is 1. The summed E-state index contributed by atoms with van der Waals surface area (Å²) in [6.07, 6.45) is 6.60. The van der Waals surface area contributed by atoms with Crippen LogP contribution in [0.15, 0.2) is 16.7 Å². The maximum absolute atomic E-state index is 5.61. The van der Waals surface area contributed by atoms with Gasteiger partial charge in [-0.25, -0.2) is 4.98 Å². The molecule has 0 fully saturated rings. The molecule has 1 aromatic rings. The van der Waals surface area contributed by atoms with Crippen LogP contribution >= 0.6 is 27.5 Å². The second kappa shape index (κ2) is 7.91. The van der Waals surface area contributed by atoms with Crippen LogP contribution in [-0.2, 0) is 0 Å². The Balaban J connectivity index is 2.21. The molecule has 0 saturated heterocycles. The van der Waals surface area contributed by atoms with Crippen molar-refractivity contribution in [2.45, 2.75) is 32.6 Å². The minimum atomic E-state index is 0.776. The van der Waals surface area contributed by atoms with Crippen LogP contribution in [0.3, 0.4) is 0 Å². The lowest BCUT2D eigenvalue weighted by Gasteiger charge is -2.07. The fourth-order valence-corrected chi connectivity index (χ4v) is 2.24. The first-order chi connectivity index (χ1) is 7.74. The van der Waals surface area contributed by atoms with Gasteiger partial charge in [-0.2, -0.15) is 0 Å². The fraction of sp³-hybridized carbons (Fsp3) is 0.583. The average molecular weight is 306 g/mol. The van der Waals surface area contributed by atoms with Gasteiger partial charge in [0.05, 0.1) is 4.47 Å². The van der Waals surface area contributed by atoms with E-state index in [1.165, 1.54) is 24.8 Å². The van der Waals surface area contributed by atoms with E-state index in [4.69, 9.17) is 11.6 Å². The first-order valence-corrected chi connectivity index (χ1v) is 6.99. The highest BCUT2D eigenvalue weighted by atomic mass is 79.9. The Kier molecular flexibility index (Phi) is 6.81. The molecule has 0 aliphatic rings. The van der Waals surface area contributed by atoms with Crippen molar-refractivity contribution < 1.29 is 0 Å². The lowest BCUT2D eigenvalue weighted by molar-refractivity contribution is 0.686. The Hall–Kier alpha value is -0.280. The number of aryl methyl sites for hydroxylation is 1. The maximum atomic E-state index is 5.61. The van der Waals surface area contributed by atoms with Crippen LogP contribution in [0.25, 0.3) is 0 Å². The lowest BCUT2D eigenvalue weighted by Crippen LogP contribution is -2.04. The molecule has 1 N–H and O–H groups in total. The topological polar surface area (TPSA) is 24.9 Å². The summed E-state index contributed by atoms with van der Waals surface area (Å²) in [6, 6.07) is 2.07. The average Bonchev–Trinajstić information content (AvgIpc) is 2.26. The maximum Gasteiger partial charge on any atom is 0.140 e. The molecular weight excluding hydrogens is 288 g/mol. The first-order valence-electron chi connectivity index (χ1n) is 5.66. The van der Waals surface area contributed by atoms with Gasteiger partial charge in [-0.15, -0.1) is 11.6 Å². The number of unbranched alkanes of at least 4 members (excludes halogenated alkanes) is 3. The summed E-state index contributed by atoms with van der Waals surface area (Å²) in [6.45, 7) is 3.00. The molecular formula is C12H18BrClN2. The quantitative estimate of drug-likeness (QED) is 0.598. The third-order valence-corrected chi connectivity index (χ3v) is 3.20. The Labute approximate surface area is 111 Å². The third-order valence-electron chi connectivity index (χ3n) is 2.33. The van der Waals surface area contributed by atoms with Crippen molar-refractivity contribution in [1.82, 2.24) is 4.98 Å². The van der Waals surface area contributed by atoms with Gasteiger partial charge in [0.15, 0.2) is 0 Å². The van der Waals surface area contributed by atoms with Crippen molar-refractivity contribution in [2.75, 3.05) is 17.7 Å². The summed E-state index contributed by atoms with van der Waals surface area (Å²) >= 11 is 9.11. The highest BCUT2D eigenvalue weighted by Crippen LogP contribution is 2.20. The molecule has 0 aromatic carbocycles. The smallest absolute Gasteiger partial charge is 0.140 e. The van der Waals surface area contributed by atoms with Crippen molar-refractivity contribution in [3.63, 3.8) is 0 Å². The van der Waals surface area contributed by atoms with Gasteiger partial charge in [-0.3, -0.25) is 0 Å². The van der Waals surface area contributed by atoms with Crippen LogP contribution in [-0.4, -0.2) is 17.4 Å². The molecule has 0 aliphatic heterocycles. The normalized spacial score (nSPS) is 10.4. The molecule has 1 aromatic heterocycles. The summed E-state index contributed by atoms with van der Waals surface area (Å²) in [5, 5.41) is 3.33. The summed E-state index contributed by atoms with van der Waals surface area (Å²) < 4.78 is 1.04. The van der Waals surface area contributed by atoms with Crippen molar-refractivity contribution in [3.8, 4) is 0 Å². The molecule has 1 heterocycles. The van der Waals surface area contributed by atoms with Gasteiger partial charge >= 0.3 is 0 Å². The van der Waals surface area contributed by atoms with Gasteiger partial charge in [0.1, 0.15) is 5.82 Å². The second-order valence-corrected chi connectivity index (χ2v) is 5.11. The minimum Gasteiger partial charge on any atom is -0.369 e. The van der Waals surface area contributed by atoms with Crippen LogP contribution in [0, 0.1) is 6.92 Å². The molecule has 0 unspecified atom stereocenters. The van der Waals surface area contributed by atoms with E-state index in [1.807, 2.05) is 13.1 Å². The van der Waals surface area contributed by atoms with Crippen LogP contribution in [0.1, 0.15) is 31.2 Å². The van der Waals surface area contributed by atoms with Crippen molar-refractivity contribution in [3.05, 3.63) is 22.3 Å². The van der Waals surface area contributed by atoms with E-state index >= 15 is 0 Å². The molecule has 0 spiro atoms. The van der Waals surface area contributed by atoms with Crippen molar-refractivity contribution in [2.24, 2.45) is 0 Å². The van der Waals surface area contributed by atoms with E-state index < -0.39 is 0 Å². The first kappa shape index (κ1) is 13.8. The Morgan fingerprint density at radius 3 is 2.75 bits per heavy atom. The lowest BCUT2D eigenvalue weighted by atomic mass is 10.2. The number of hydrogen-bond acceptors (Lipinski definition) is 2. The van der Waals surface area contributed by atoms with E-state index in [0.717, 1.165) is 29.1 Å². The van der Waals surface area contributed by atoms with E-state index in [-0.39, 0.29) is 0 Å². The molecule has 0 aliphatic carbocycles. The van der Waals surface area contributed by atoms with Gasteiger partial charge in [0, 0.05) is 18.6 Å². The largest absolute Gasteiger partial charge is 0.369 e. The van der Waals surface area contributed by atoms with Gasteiger partial charge in [0.25, 0.3) is 0 Å². The number of alkyl halides is 1. The highest BCUT2D eigenvalue weighted by molar-refractivity contribution is 9.10. The van der Waals surface area contributed by atoms with Crippen LogP contribution in [0.5, 0.6) is 0 Å². The van der Waals surface area contributed by atoms with E-state index in [2.05, 4.69) is 32.3 Å². The van der Waals surface area contributed by atoms with E-state index in [9.17, 15) is 0 Å². The Morgan fingerprint density at radius 1 is 1.31 bits per heavy atom. The predicted octanol–water partition coefficient (Wildman–Crippen LogP) is 4.36. The van der Waals surface area contributed by atoms with Crippen molar-refractivity contribution in [1.29, 1.82) is 0 Å². The van der Waals surface area contributed by atoms with E-state index in [1.54, 1.807) is 0 Å². The van der Waals surface area contributed by atoms with E-state index in [0.29, 0.717) is 0 Å². The molecule has 1 rings (SSSR count). The van der Waals surface area contributed by atoms with Crippen LogP contribution < -0.4 is 5.32 Å². The number of rotatable bonds is 7. The molecule has 0 amide bonds. The van der Waals surface area contributed by atoms with Crippen molar-refractivity contribution >= 4 is 33.3 Å². The molecule has 2 nitrogen and oxygen atoms in total. The molecule has 0 bridgehead atoms. The van der Waals surface area contributed by atoms with Crippen LogP contribution in [0.4, 0.5) is 5.82 Å². The predicted molar refractivity (Wildman–Crippen MR) is 74.4 cm³/mol. The van der Waals surface area contributed by atoms with Gasteiger partial charge in [0.2, 0.25) is 0 Å². The zero-order valence-electron chi connectivity index (χ0n) is 9.60. The Morgan fingerprint density at radius 2 is 2.06 bits per heavy atom. The Bertz CT molecular complexity index is 318. The number of hydrogen-bond donors (Lipinski definition) is 1. The van der Waals surface area contributed by atoms with Gasteiger partial charge in [-0.1, -0.05) is 12.8 Å². The molecule has 0 radical (unpaired) electrons. The summed E-state index contributed by atoms with van der Waals surface area (Å²) in [5.41, 5.74) is 1.17. The fourth-order valence-electron chi connectivity index (χ4n) is 1.44. The molecule has 0 saturated carbocycles. The molecule has 90 valence electrons. The van der Waals surface area contributed by atoms with Crippen LogP contribution in [0.2, 0.25) is 0 Å². The summed E-state index contributed by atoms with van der Waals surface area (Å²) in [5.74, 6) is 1.71. The zero-order valence-corrected chi connectivity index (χ0v) is 11.9. The zero-order chi connectivity index (χ0) is 11.8. The number of aromatic nitrogens is 1.